The normalized spacial score (nSPS) is 31.9. The van der Waals surface area contributed by atoms with Crippen LogP contribution in [-0.4, -0.2) is 30.6 Å². The van der Waals surface area contributed by atoms with E-state index in [4.69, 9.17) is 5.73 Å². The van der Waals surface area contributed by atoms with Crippen LogP contribution < -0.4 is 5.73 Å². The lowest BCUT2D eigenvalue weighted by molar-refractivity contribution is 0.183. The molecule has 0 radical (unpaired) electrons. The summed E-state index contributed by atoms with van der Waals surface area (Å²) >= 11 is 3.37. The first-order valence-electron chi connectivity index (χ1n) is 4.41. The van der Waals surface area contributed by atoms with E-state index in [1.807, 2.05) is 0 Å². The molecule has 1 saturated heterocycles. The molecule has 2 nitrogen and oxygen atoms in total. The largest absolute Gasteiger partial charge is 0.326 e. The van der Waals surface area contributed by atoms with Crippen LogP contribution in [0, 0.1) is 5.92 Å². The maximum absolute atomic E-state index is 5.96. The highest BCUT2D eigenvalue weighted by molar-refractivity contribution is 9.11. The summed E-state index contributed by atoms with van der Waals surface area (Å²) in [5.41, 5.74) is 5.96. The van der Waals surface area contributed by atoms with Crippen molar-refractivity contribution >= 4 is 15.9 Å². The van der Waals surface area contributed by atoms with Gasteiger partial charge in [-0.05, 0) is 18.9 Å². The van der Waals surface area contributed by atoms with Crippen LogP contribution in [-0.2, 0) is 0 Å². The minimum absolute atomic E-state index is 0.339. The molecule has 0 aromatic heterocycles. The predicted octanol–water partition coefficient (Wildman–Crippen LogP) is 1.56. The molecule has 0 aliphatic carbocycles. The van der Waals surface area contributed by atoms with Crippen molar-refractivity contribution in [1.82, 2.24) is 4.90 Å². The van der Waals surface area contributed by atoms with Gasteiger partial charge >= 0.3 is 0 Å². The van der Waals surface area contributed by atoms with E-state index < -0.39 is 0 Å². The third-order valence-corrected chi connectivity index (χ3v) is 2.75. The third-order valence-electron chi connectivity index (χ3n) is 2.50. The molecule has 2 atom stereocenters. The first kappa shape index (κ1) is 10.2. The molecule has 70 valence electrons. The minimum atomic E-state index is 0.339. The van der Waals surface area contributed by atoms with Crippen molar-refractivity contribution in [2.24, 2.45) is 11.7 Å². The van der Waals surface area contributed by atoms with Crippen molar-refractivity contribution in [3.63, 3.8) is 0 Å². The average molecular weight is 233 g/mol. The maximum Gasteiger partial charge on any atom is 0.0294 e. The third kappa shape index (κ3) is 2.88. The second kappa shape index (κ2) is 4.40. The molecule has 0 amide bonds. The van der Waals surface area contributed by atoms with Crippen LogP contribution in [0.15, 0.2) is 11.1 Å². The summed E-state index contributed by atoms with van der Waals surface area (Å²) in [5, 5.41) is 0. The monoisotopic (exact) mass is 232 g/mol. The second-order valence-electron chi connectivity index (χ2n) is 3.68. The average Bonchev–Trinajstić information content (AvgIpc) is 1.96. The molecule has 0 spiro atoms. The highest BCUT2D eigenvalue weighted by atomic mass is 79.9. The molecular formula is C9H17BrN2. The number of hydrogen-bond donors (Lipinski definition) is 1. The van der Waals surface area contributed by atoms with Gasteiger partial charge < -0.3 is 5.73 Å². The molecule has 1 aliphatic heterocycles. The van der Waals surface area contributed by atoms with E-state index in [9.17, 15) is 0 Å². The molecule has 0 saturated carbocycles. The van der Waals surface area contributed by atoms with Gasteiger partial charge in [-0.1, -0.05) is 29.4 Å². The quantitative estimate of drug-likeness (QED) is 0.784. The number of nitrogens with zero attached hydrogens (tertiary/aromatic N) is 1. The van der Waals surface area contributed by atoms with Gasteiger partial charge in [0, 0.05) is 23.6 Å². The van der Waals surface area contributed by atoms with Gasteiger partial charge in [-0.2, -0.15) is 0 Å². The van der Waals surface area contributed by atoms with Crippen molar-refractivity contribution in [3.05, 3.63) is 11.1 Å². The number of piperidine rings is 1. The van der Waals surface area contributed by atoms with Gasteiger partial charge in [0.2, 0.25) is 0 Å². The summed E-state index contributed by atoms with van der Waals surface area (Å²) in [7, 11) is 0. The van der Waals surface area contributed by atoms with Crippen molar-refractivity contribution in [1.29, 1.82) is 0 Å². The summed E-state index contributed by atoms with van der Waals surface area (Å²) in [6.45, 7) is 9.14. The van der Waals surface area contributed by atoms with E-state index in [0.29, 0.717) is 12.0 Å². The molecule has 1 fully saturated rings. The highest BCUT2D eigenvalue weighted by Gasteiger charge is 2.22. The van der Waals surface area contributed by atoms with Crippen LogP contribution in [0.4, 0.5) is 0 Å². The Morgan fingerprint density at radius 2 is 2.42 bits per heavy atom. The van der Waals surface area contributed by atoms with Gasteiger partial charge in [-0.3, -0.25) is 4.90 Å². The summed E-state index contributed by atoms with van der Waals surface area (Å²) < 4.78 is 1.05. The minimum Gasteiger partial charge on any atom is -0.326 e. The molecule has 2 N–H and O–H groups in total. The van der Waals surface area contributed by atoms with Gasteiger partial charge in [0.25, 0.3) is 0 Å². The Balaban J connectivity index is 2.35. The van der Waals surface area contributed by atoms with E-state index in [0.717, 1.165) is 24.1 Å². The van der Waals surface area contributed by atoms with E-state index >= 15 is 0 Å². The SMILES string of the molecule is C=C(Br)CN1CCC(C)C(N)C1. The summed E-state index contributed by atoms with van der Waals surface area (Å²) in [4.78, 5) is 2.35. The number of likely N-dealkylation sites (tertiary alicyclic amines) is 1. The van der Waals surface area contributed by atoms with Gasteiger partial charge in [0.1, 0.15) is 0 Å². The molecule has 2 unspecified atom stereocenters. The topological polar surface area (TPSA) is 29.3 Å². The van der Waals surface area contributed by atoms with Gasteiger partial charge in [0.05, 0.1) is 0 Å². The van der Waals surface area contributed by atoms with Crippen molar-refractivity contribution in [2.45, 2.75) is 19.4 Å². The van der Waals surface area contributed by atoms with Crippen LogP contribution in [0.25, 0.3) is 0 Å². The number of halogens is 1. The van der Waals surface area contributed by atoms with Crippen LogP contribution >= 0.6 is 15.9 Å². The first-order chi connectivity index (χ1) is 5.59. The Kier molecular flexibility index (Phi) is 3.75. The molecule has 0 aromatic rings. The zero-order valence-corrected chi connectivity index (χ0v) is 9.18. The van der Waals surface area contributed by atoms with E-state index in [1.165, 1.54) is 6.42 Å². The zero-order valence-electron chi connectivity index (χ0n) is 7.59. The first-order valence-corrected chi connectivity index (χ1v) is 5.20. The van der Waals surface area contributed by atoms with E-state index in [-0.39, 0.29) is 0 Å². The van der Waals surface area contributed by atoms with E-state index in [2.05, 4.69) is 34.3 Å². The molecule has 1 aliphatic rings. The Morgan fingerprint density at radius 3 is 2.92 bits per heavy atom. The number of nitrogens with two attached hydrogens (primary N) is 1. The maximum atomic E-state index is 5.96. The van der Waals surface area contributed by atoms with Crippen molar-refractivity contribution in [2.75, 3.05) is 19.6 Å². The smallest absolute Gasteiger partial charge is 0.0294 e. The van der Waals surface area contributed by atoms with Crippen molar-refractivity contribution in [3.8, 4) is 0 Å². The van der Waals surface area contributed by atoms with Gasteiger partial charge in [0.15, 0.2) is 0 Å². The lowest BCUT2D eigenvalue weighted by Gasteiger charge is -2.34. The number of rotatable bonds is 2. The zero-order chi connectivity index (χ0) is 9.14. The van der Waals surface area contributed by atoms with Gasteiger partial charge in [-0.25, -0.2) is 0 Å². The predicted molar refractivity (Wildman–Crippen MR) is 56.3 cm³/mol. The lowest BCUT2D eigenvalue weighted by Crippen LogP contribution is -2.47. The second-order valence-corrected chi connectivity index (χ2v) is 4.80. The molecule has 1 heterocycles. The van der Waals surface area contributed by atoms with Crippen LogP contribution in [0.3, 0.4) is 0 Å². The Morgan fingerprint density at radius 1 is 1.75 bits per heavy atom. The fraction of sp³-hybridized carbons (Fsp3) is 0.778. The van der Waals surface area contributed by atoms with Gasteiger partial charge in [-0.15, -0.1) is 0 Å². The van der Waals surface area contributed by atoms with Crippen LogP contribution in [0.1, 0.15) is 13.3 Å². The van der Waals surface area contributed by atoms with Crippen LogP contribution in [0.2, 0.25) is 0 Å². The summed E-state index contributed by atoms with van der Waals surface area (Å²) in [6, 6.07) is 0.339. The highest BCUT2D eigenvalue weighted by Crippen LogP contribution is 2.17. The molecule has 0 aromatic carbocycles. The molecule has 0 bridgehead atoms. The van der Waals surface area contributed by atoms with Crippen molar-refractivity contribution < 1.29 is 0 Å². The number of hydrogen-bond acceptors (Lipinski definition) is 2. The summed E-state index contributed by atoms with van der Waals surface area (Å²) in [5.74, 6) is 0.671. The Hall–Kier alpha value is 0.140. The molecular weight excluding hydrogens is 216 g/mol. The molecule has 3 heteroatoms. The van der Waals surface area contributed by atoms with Crippen LogP contribution in [0.5, 0.6) is 0 Å². The standard InChI is InChI=1S/C9H17BrN2/c1-7-3-4-12(5-8(2)10)6-9(7)11/h7,9H,2-6,11H2,1H3. The fourth-order valence-electron chi connectivity index (χ4n) is 1.56. The van der Waals surface area contributed by atoms with E-state index in [1.54, 1.807) is 0 Å². The fourth-order valence-corrected chi connectivity index (χ4v) is 1.91. The molecule has 12 heavy (non-hydrogen) atoms. The molecule has 1 rings (SSSR count). The lowest BCUT2D eigenvalue weighted by atomic mass is 9.94. The Bertz CT molecular complexity index is 170. The Labute approximate surface area is 82.9 Å². The summed E-state index contributed by atoms with van der Waals surface area (Å²) in [6.07, 6.45) is 1.21.